The van der Waals surface area contributed by atoms with Crippen molar-refractivity contribution in [2.75, 3.05) is 36.4 Å². The van der Waals surface area contributed by atoms with Gasteiger partial charge in [-0.2, -0.15) is 0 Å². The summed E-state index contributed by atoms with van der Waals surface area (Å²) in [7, 11) is 0. The van der Waals surface area contributed by atoms with Gasteiger partial charge in [0.2, 0.25) is 0 Å². The fraction of sp³-hybridized carbons (Fsp3) is 0.217. The second kappa shape index (κ2) is 9.07. The van der Waals surface area contributed by atoms with Crippen molar-refractivity contribution < 1.29 is 4.79 Å². The first kappa shape index (κ1) is 19.4. The van der Waals surface area contributed by atoms with Gasteiger partial charge in [-0.1, -0.05) is 41.9 Å². The van der Waals surface area contributed by atoms with E-state index in [1.165, 1.54) is 17.4 Å². The molecule has 0 unspecified atom stereocenters. The number of rotatable bonds is 5. The first-order chi connectivity index (χ1) is 14.2. The first-order valence-corrected chi connectivity index (χ1v) is 10.1. The Balaban J connectivity index is 1.30. The van der Waals surface area contributed by atoms with Gasteiger partial charge in [-0.05, 0) is 42.0 Å². The molecule has 0 saturated carbocycles. The van der Waals surface area contributed by atoms with Crippen LogP contribution in [0.3, 0.4) is 0 Å². The maximum Gasteiger partial charge on any atom is 0.257 e. The molecule has 1 aliphatic rings. The van der Waals surface area contributed by atoms with E-state index in [1.807, 2.05) is 12.1 Å². The Kier molecular flexibility index (Phi) is 6.08. The predicted molar refractivity (Wildman–Crippen MR) is 118 cm³/mol. The standard InChI is InChI=1S/C23H23ClN4O/c24-22-11-6-19(16-25-22)23(29)26-20-7-9-21(10-8-20)28-14-12-27(13-15-28)17-18-4-2-1-3-5-18/h1-11,16H,12-15,17H2,(H,26,29). The second-order valence-electron chi connectivity index (χ2n) is 7.12. The molecule has 0 bridgehead atoms. The zero-order chi connectivity index (χ0) is 20.1. The van der Waals surface area contributed by atoms with Crippen molar-refractivity contribution in [3.8, 4) is 0 Å². The number of hydrogen-bond donors (Lipinski definition) is 1. The van der Waals surface area contributed by atoms with E-state index >= 15 is 0 Å². The molecule has 0 aliphatic carbocycles. The molecule has 29 heavy (non-hydrogen) atoms. The Morgan fingerprint density at radius 1 is 0.931 bits per heavy atom. The molecule has 4 rings (SSSR count). The average Bonchev–Trinajstić information content (AvgIpc) is 2.76. The number of halogens is 1. The number of nitrogens with zero attached hydrogens (tertiary/aromatic N) is 3. The quantitative estimate of drug-likeness (QED) is 0.641. The molecule has 3 aromatic rings. The van der Waals surface area contributed by atoms with Crippen molar-refractivity contribution in [3.63, 3.8) is 0 Å². The van der Waals surface area contributed by atoms with Crippen LogP contribution in [0.25, 0.3) is 0 Å². The van der Waals surface area contributed by atoms with E-state index < -0.39 is 0 Å². The summed E-state index contributed by atoms with van der Waals surface area (Å²) in [6, 6.07) is 21.9. The third-order valence-electron chi connectivity index (χ3n) is 5.10. The molecule has 5 nitrogen and oxygen atoms in total. The van der Waals surface area contributed by atoms with Gasteiger partial charge in [0, 0.05) is 50.3 Å². The van der Waals surface area contributed by atoms with Crippen molar-refractivity contribution in [3.05, 3.63) is 89.2 Å². The van der Waals surface area contributed by atoms with Crippen LogP contribution in [0, 0.1) is 0 Å². The normalized spacial score (nSPS) is 14.6. The van der Waals surface area contributed by atoms with Gasteiger partial charge in [0.05, 0.1) is 5.56 Å². The Hall–Kier alpha value is -2.89. The fourth-order valence-corrected chi connectivity index (χ4v) is 3.59. The molecule has 0 spiro atoms. The lowest BCUT2D eigenvalue weighted by molar-refractivity contribution is 0.102. The molecule has 1 saturated heterocycles. The van der Waals surface area contributed by atoms with Gasteiger partial charge in [0.25, 0.3) is 5.91 Å². The van der Waals surface area contributed by atoms with Crippen LogP contribution in [0.4, 0.5) is 11.4 Å². The van der Waals surface area contributed by atoms with Gasteiger partial charge in [0.15, 0.2) is 0 Å². The van der Waals surface area contributed by atoms with Crippen LogP contribution < -0.4 is 10.2 Å². The number of benzene rings is 2. The molecular weight excluding hydrogens is 384 g/mol. The van der Waals surface area contributed by atoms with Gasteiger partial charge in [-0.25, -0.2) is 4.98 Å². The van der Waals surface area contributed by atoms with Crippen molar-refractivity contribution in [2.24, 2.45) is 0 Å². The van der Waals surface area contributed by atoms with Crippen LogP contribution in [-0.2, 0) is 6.54 Å². The predicted octanol–water partition coefficient (Wildman–Crippen LogP) is 4.31. The largest absolute Gasteiger partial charge is 0.369 e. The summed E-state index contributed by atoms with van der Waals surface area (Å²) in [6.45, 7) is 5.07. The van der Waals surface area contributed by atoms with Crippen molar-refractivity contribution >= 4 is 28.9 Å². The van der Waals surface area contributed by atoms with E-state index in [1.54, 1.807) is 12.1 Å². The lowest BCUT2D eigenvalue weighted by Crippen LogP contribution is -2.45. The third kappa shape index (κ3) is 5.13. The van der Waals surface area contributed by atoms with E-state index in [0.717, 1.165) is 38.4 Å². The van der Waals surface area contributed by atoms with Gasteiger partial charge >= 0.3 is 0 Å². The Morgan fingerprint density at radius 2 is 1.66 bits per heavy atom. The van der Waals surface area contributed by atoms with Gasteiger partial charge in [-0.15, -0.1) is 0 Å². The van der Waals surface area contributed by atoms with Crippen LogP contribution in [0.1, 0.15) is 15.9 Å². The summed E-state index contributed by atoms with van der Waals surface area (Å²) in [5.74, 6) is -0.198. The maximum absolute atomic E-state index is 12.3. The van der Waals surface area contributed by atoms with Crippen molar-refractivity contribution in [1.29, 1.82) is 0 Å². The summed E-state index contributed by atoms with van der Waals surface area (Å²) in [6.07, 6.45) is 1.47. The molecule has 2 aromatic carbocycles. The number of pyridine rings is 1. The molecule has 2 heterocycles. The van der Waals surface area contributed by atoms with Crippen LogP contribution in [0.5, 0.6) is 0 Å². The van der Waals surface area contributed by atoms with E-state index in [2.05, 4.69) is 62.6 Å². The zero-order valence-corrected chi connectivity index (χ0v) is 16.8. The summed E-state index contributed by atoms with van der Waals surface area (Å²) < 4.78 is 0. The fourth-order valence-electron chi connectivity index (χ4n) is 3.47. The third-order valence-corrected chi connectivity index (χ3v) is 5.32. The van der Waals surface area contributed by atoms with Crippen LogP contribution in [0.2, 0.25) is 5.15 Å². The number of carbonyl (C=O) groups excluding carboxylic acids is 1. The summed E-state index contributed by atoms with van der Waals surface area (Å²) in [5, 5.41) is 3.26. The van der Waals surface area contributed by atoms with E-state index in [-0.39, 0.29) is 5.91 Å². The van der Waals surface area contributed by atoms with Gasteiger partial charge < -0.3 is 10.2 Å². The molecule has 1 fully saturated rings. The topological polar surface area (TPSA) is 48.5 Å². The highest BCUT2D eigenvalue weighted by Crippen LogP contribution is 2.21. The van der Waals surface area contributed by atoms with E-state index in [9.17, 15) is 4.79 Å². The Morgan fingerprint density at radius 3 is 2.31 bits per heavy atom. The summed E-state index contributed by atoms with van der Waals surface area (Å²) >= 11 is 5.77. The SMILES string of the molecule is O=C(Nc1ccc(N2CCN(Cc3ccccc3)CC2)cc1)c1ccc(Cl)nc1. The van der Waals surface area contributed by atoms with Crippen LogP contribution in [-0.4, -0.2) is 42.0 Å². The first-order valence-electron chi connectivity index (χ1n) is 9.71. The molecule has 0 atom stereocenters. The molecule has 1 aliphatic heterocycles. The molecule has 148 valence electrons. The minimum Gasteiger partial charge on any atom is -0.369 e. The summed E-state index contributed by atoms with van der Waals surface area (Å²) in [5.41, 5.74) is 3.77. The van der Waals surface area contributed by atoms with E-state index in [0.29, 0.717) is 10.7 Å². The number of carbonyl (C=O) groups is 1. The van der Waals surface area contributed by atoms with Crippen molar-refractivity contribution in [2.45, 2.75) is 6.54 Å². The number of amides is 1. The number of hydrogen-bond acceptors (Lipinski definition) is 4. The monoisotopic (exact) mass is 406 g/mol. The Labute approximate surface area is 175 Å². The van der Waals surface area contributed by atoms with Crippen LogP contribution in [0.15, 0.2) is 72.9 Å². The number of piperazine rings is 1. The highest BCUT2D eigenvalue weighted by Gasteiger charge is 2.17. The number of nitrogens with one attached hydrogen (secondary N) is 1. The minimum absolute atomic E-state index is 0.198. The molecule has 1 amide bonds. The van der Waals surface area contributed by atoms with Gasteiger partial charge in [-0.3, -0.25) is 9.69 Å². The van der Waals surface area contributed by atoms with E-state index in [4.69, 9.17) is 11.6 Å². The average molecular weight is 407 g/mol. The molecule has 1 N–H and O–H groups in total. The number of anilines is 2. The smallest absolute Gasteiger partial charge is 0.257 e. The highest BCUT2D eigenvalue weighted by atomic mass is 35.5. The molecule has 0 radical (unpaired) electrons. The van der Waals surface area contributed by atoms with Crippen LogP contribution >= 0.6 is 11.6 Å². The number of aromatic nitrogens is 1. The van der Waals surface area contributed by atoms with Crippen molar-refractivity contribution in [1.82, 2.24) is 9.88 Å². The maximum atomic E-state index is 12.3. The molecular formula is C23H23ClN4O. The minimum atomic E-state index is -0.198. The molecule has 6 heteroatoms. The lowest BCUT2D eigenvalue weighted by Gasteiger charge is -2.36. The highest BCUT2D eigenvalue weighted by molar-refractivity contribution is 6.29. The second-order valence-corrected chi connectivity index (χ2v) is 7.51. The lowest BCUT2D eigenvalue weighted by atomic mass is 10.2. The zero-order valence-electron chi connectivity index (χ0n) is 16.1. The molecule has 1 aromatic heterocycles. The Bertz CT molecular complexity index is 937. The summed E-state index contributed by atoms with van der Waals surface area (Å²) in [4.78, 5) is 21.1. The van der Waals surface area contributed by atoms with Gasteiger partial charge in [0.1, 0.15) is 5.15 Å².